The Morgan fingerprint density at radius 1 is 1.29 bits per heavy atom. The fourth-order valence-corrected chi connectivity index (χ4v) is 4.34. The number of amides is 1. The number of ether oxygens (including phenoxy) is 2. The summed E-state index contributed by atoms with van der Waals surface area (Å²) in [4.78, 5) is 30.9. The number of carbonyl (C=O) groups is 2. The molecule has 0 aromatic carbocycles. The predicted molar refractivity (Wildman–Crippen MR) is 135 cm³/mol. The first-order valence-corrected chi connectivity index (χ1v) is 13.0. The van der Waals surface area contributed by atoms with E-state index in [4.69, 9.17) is 14.5 Å². The van der Waals surface area contributed by atoms with Crippen LogP contribution in [-0.4, -0.2) is 77.6 Å². The zero-order chi connectivity index (χ0) is 25.3. The van der Waals surface area contributed by atoms with Gasteiger partial charge in [0, 0.05) is 31.9 Å². The average molecular weight is 491 g/mol. The molecular formula is C26H42N4O5. The van der Waals surface area contributed by atoms with Crippen LogP contribution in [0.25, 0.3) is 0 Å². The molecule has 35 heavy (non-hydrogen) atoms. The molecule has 3 heterocycles. The van der Waals surface area contributed by atoms with Gasteiger partial charge in [0.2, 0.25) is 0 Å². The van der Waals surface area contributed by atoms with Crippen molar-refractivity contribution in [2.45, 2.75) is 89.9 Å². The lowest BCUT2D eigenvalue weighted by Gasteiger charge is -2.30. The van der Waals surface area contributed by atoms with Crippen molar-refractivity contribution < 1.29 is 24.2 Å². The van der Waals surface area contributed by atoms with E-state index in [2.05, 4.69) is 27.7 Å². The summed E-state index contributed by atoms with van der Waals surface area (Å²) in [6.45, 7) is 9.38. The Balaban J connectivity index is 1.46. The number of carbonyl (C=O) groups excluding carboxylic acids is 1. The van der Waals surface area contributed by atoms with E-state index in [1.807, 2.05) is 0 Å². The Hall–Kier alpha value is -2.39. The van der Waals surface area contributed by atoms with Crippen LogP contribution in [0.1, 0.15) is 70.6 Å². The van der Waals surface area contributed by atoms with Gasteiger partial charge in [0.05, 0.1) is 6.10 Å². The lowest BCUT2D eigenvalue weighted by atomic mass is 10.1. The number of pyridine rings is 1. The average Bonchev–Trinajstić information content (AvgIpc) is 2.76. The molecule has 2 atom stereocenters. The largest absolute Gasteiger partial charge is 0.480 e. The molecule has 0 spiro atoms. The number of aromatic nitrogens is 1. The number of alkyl carbamates (subject to hydrolysis) is 1. The normalized spacial score (nSPS) is 18.2. The first kappa shape index (κ1) is 27.2. The number of nitrogens with one attached hydrogen (secondary N) is 2. The van der Waals surface area contributed by atoms with Gasteiger partial charge in [0.25, 0.3) is 0 Å². The van der Waals surface area contributed by atoms with Crippen LogP contribution >= 0.6 is 0 Å². The summed E-state index contributed by atoms with van der Waals surface area (Å²) in [5, 5.41) is 15.5. The van der Waals surface area contributed by atoms with Gasteiger partial charge in [0.15, 0.2) is 0 Å². The third-order valence-electron chi connectivity index (χ3n) is 6.39. The molecule has 0 bridgehead atoms. The van der Waals surface area contributed by atoms with Crippen molar-refractivity contribution in [1.29, 1.82) is 0 Å². The standard InChI is InChI=1S/C26H42N4O5/c1-26(2,3)35-25(33)29-22(24(31)32)12-17-30(16-11-21-13-18-34-21)15-5-4-8-20-10-9-19-7-6-14-27-23(19)28-20/h9-10,21-22H,4-8,11-18H2,1-3H3,(H,27,28)(H,29,33)(H,31,32)/t21?,22-/m0/s1. The SMILES string of the molecule is CC(C)(C)OC(=O)N[C@@H](CCN(CCCCc1ccc2c(n1)NCCC2)CCC1CCO1)C(=O)O. The second-order valence-electron chi connectivity index (χ2n) is 10.5. The van der Waals surface area contributed by atoms with Gasteiger partial charge in [-0.15, -0.1) is 0 Å². The molecule has 9 nitrogen and oxygen atoms in total. The number of anilines is 1. The summed E-state index contributed by atoms with van der Waals surface area (Å²) in [5.74, 6) is -0.0155. The third-order valence-corrected chi connectivity index (χ3v) is 6.39. The lowest BCUT2D eigenvalue weighted by Crippen LogP contribution is -2.45. The molecule has 0 aliphatic carbocycles. The Labute approximate surface area is 209 Å². The fraction of sp³-hybridized carbons (Fsp3) is 0.731. The third kappa shape index (κ3) is 9.64. The number of carboxylic acids is 1. The van der Waals surface area contributed by atoms with Crippen LogP contribution in [0.2, 0.25) is 0 Å². The molecule has 3 N–H and O–H groups in total. The van der Waals surface area contributed by atoms with Gasteiger partial charge in [-0.1, -0.05) is 6.07 Å². The number of aliphatic carboxylic acids is 1. The smallest absolute Gasteiger partial charge is 0.408 e. The van der Waals surface area contributed by atoms with Crippen molar-refractivity contribution in [3.05, 3.63) is 23.4 Å². The minimum Gasteiger partial charge on any atom is -0.480 e. The molecule has 196 valence electrons. The predicted octanol–water partition coefficient (Wildman–Crippen LogP) is 3.61. The van der Waals surface area contributed by atoms with Gasteiger partial charge in [0.1, 0.15) is 17.5 Å². The minimum atomic E-state index is -1.05. The summed E-state index contributed by atoms with van der Waals surface area (Å²) in [7, 11) is 0. The van der Waals surface area contributed by atoms with Crippen LogP contribution in [0.15, 0.2) is 12.1 Å². The maximum atomic E-state index is 12.1. The molecule has 1 amide bonds. The Kier molecular flexibility index (Phi) is 10.2. The second-order valence-corrected chi connectivity index (χ2v) is 10.5. The van der Waals surface area contributed by atoms with E-state index in [-0.39, 0.29) is 0 Å². The maximum Gasteiger partial charge on any atom is 0.408 e. The number of unbranched alkanes of at least 4 members (excludes halogenated alkanes) is 1. The molecule has 1 aromatic rings. The highest BCUT2D eigenvalue weighted by Crippen LogP contribution is 2.20. The van der Waals surface area contributed by atoms with Crippen LogP contribution in [0.5, 0.6) is 0 Å². The Morgan fingerprint density at radius 2 is 2.09 bits per heavy atom. The van der Waals surface area contributed by atoms with Crippen LogP contribution < -0.4 is 10.6 Å². The van der Waals surface area contributed by atoms with Crippen molar-refractivity contribution in [3.63, 3.8) is 0 Å². The summed E-state index contributed by atoms with van der Waals surface area (Å²) >= 11 is 0. The zero-order valence-corrected chi connectivity index (χ0v) is 21.5. The van der Waals surface area contributed by atoms with Crippen molar-refractivity contribution in [2.24, 2.45) is 0 Å². The molecule has 9 heteroatoms. The monoisotopic (exact) mass is 490 g/mol. The maximum absolute atomic E-state index is 12.1. The number of hydrogen-bond donors (Lipinski definition) is 3. The molecule has 1 fully saturated rings. The number of aryl methyl sites for hydroxylation is 2. The van der Waals surface area contributed by atoms with Gasteiger partial charge in [-0.25, -0.2) is 14.6 Å². The molecule has 0 saturated carbocycles. The molecule has 2 aliphatic heterocycles. The van der Waals surface area contributed by atoms with Gasteiger partial charge >= 0.3 is 12.1 Å². The van der Waals surface area contributed by atoms with E-state index < -0.39 is 23.7 Å². The summed E-state index contributed by atoms with van der Waals surface area (Å²) in [6.07, 6.45) is 7.13. The number of hydrogen-bond acceptors (Lipinski definition) is 7. The molecule has 1 saturated heterocycles. The minimum absolute atomic E-state index is 0.305. The first-order valence-electron chi connectivity index (χ1n) is 13.0. The van der Waals surface area contributed by atoms with Crippen molar-refractivity contribution in [1.82, 2.24) is 15.2 Å². The lowest BCUT2D eigenvalue weighted by molar-refractivity contribution is -0.139. The van der Waals surface area contributed by atoms with Crippen LogP contribution in [-0.2, 0) is 27.1 Å². The van der Waals surface area contributed by atoms with Crippen LogP contribution in [0.3, 0.4) is 0 Å². The van der Waals surface area contributed by atoms with Crippen molar-refractivity contribution in [3.8, 4) is 0 Å². The fourth-order valence-electron chi connectivity index (χ4n) is 4.34. The Bertz CT molecular complexity index is 838. The van der Waals surface area contributed by atoms with E-state index in [0.29, 0.717) is 19.1 Å². The van der Waals surface area contributed by atoms with E-state index in [9.17, 15) is 14.7 Å². The highest BCUT2D eigenvalue weighted by molar-refractivity contribution is 5.80. The van der Waals surface area contributed by atoms with E-state index in [0.717, 1.165) is 82.7 Å². The van der Waals surface area contributed by atoms with Gasteiger partial charge in [-0.05, 0) is 90.3 Å². The molecular weight excluding hydrogens is 448 g/mol. The molecule has 1 aromatic heterocycles. The number of fused-ring (bicyclic) bond motifs is 1. The van der Waals surface area contributed by atoms with Crippen LogP contribution in [0, 0.1) is 0 Å². The summed E-state index contributed by atoms with van der Waals surface area (Å²) in [6, 6.07) is 3.34. The number of carboxylic acid groups (broad SMARTS) is 1. The highest BCUT2D eigenvalue weighted by atomic mass is 16.6. The quantitative estimate of drug-likeness (QED) is 0.360. The van der Waals surface area contributed by atoms with E-state index >= 15 is 0 Å². The summed E-state index contributed by atoms with van der Waals surface area (Å²) in [5.41, 5.74) is 1.74. The van der Waals surface area contributed by atoms with E-state index in [1.54, 1.807) is 20.8 Å². The zero-order valence-electron chi connectivity index (χ0n) is 21.5. The van der Waals surface area contributed by atoms with Gasteiger partial charge in [-0.3, -0.25) is 0 Å². The van der Waals surface area contributed by atoms with Crippen molar-refractivity contribution >= 4 is 17.9 Å². The Morgan fingerprint density at radius 3 is 2.77 bits per heavy atom. The van der Waals surface area contributed by atoms with Gasteiger partial charge in [-0.2, -0.15) is 0 Å². The first-order chi connectivity index (χ1) is 16.7. The molecule has 2 aliphatic rings. The highest BCUT2D eigenvalue weighted by Gasteiger charge is 2.25. The van der Waals surface area contributed by atoms with E-state index in [1.165, 1.54) is 5.56 Å². The molecule has 1 unspecified atom stereocenters. The van der Waals surface area contributed by atoms with Gasteiger partial charge < -0.3 is 30.1 Å². The van der Waals surface area contributed by atoms with Crippen LogP contribution in [0.4, 0.5) is 10.6 Å². The molecule has 3 rings (SSSR count). The molecule has 0 radical (unpaired) electrons. The topological polar surface area (TPSA) is 113 Å². The number of nitrogens with zero attached hydrogens (tertiary/aromatic N) is 2. The van der Waals surface area contributed by atoms with Crippen molar-refractivity contribution in [2.75, 3.05) is 38.1 Å². The summed E-state index contributed by atoms with van der Waals surface area (Å²) < 4.78 is 10.8. The number of rotatable bonds is 13. The second kappa shape index (κ2) is 13.1.